The molecule has 2 heterocycles. The summed E-state index contributed by atoms with van der Waals surface area (Å²) in [4.78, 5) is 31.0. The lowest BCUT2D eigenvalue weighted by Crippen LogP contribution is -2.06. The summed E-state index contributed by atoms with van der Waals surface area (Å²) in [6.07, 6.45) is 1.61. The zero-order valence-corrected chi connectivity index (χ0v) is 19.3. The van der Waals surface area contributed by atoms with Gasteiger partial charge < -0.3 is 4.74 Å². The van der Waals surface area contributed by atoms with Crippen molar-refractivity contribution in [3.8, 4) is 11.3 Å². The molecule has 5 aromatic rings. The SMILES string of the molecule is CCOC(=O)c1cc(C(=O)c2ccc3ccccc3c2)n2cnc(-c3ccc(C)cc3C)cc12. The van der Waals surface area contributed by atoms with Crippen LogP contribution in [0.3, 0.4) is 0 Å². The average Bonchev–Trinajstić information content (AvgIpc) is 3.22. The molecule has 168 valence electrons. The molecular formula is C29H24N2O3. The number of ether oxygens (including phenoxy) is 1. The molecule has 34 heavy (non-hydrogen) atoms. The quantitative estimate of drug-likeness (QED) is 0.238. The van der Waals surface area contributed by atoms with Crippen molar-refractivity contribution in [2.24, 2.45) is 0 Å². The third-order valence-electron chi connectivity index (χ3n) is 6.06. The fourth-order valence-electron chi connectivity index (χ4n) is 4.37. The number of aryl methyl sites for hydroxylation is 2. The number of benzene rings is 3. The van der Waals surface area contributed by atoms with Crippen molar-refractivity contribution in [3.63, 3.8) is 0 Å². The van der Waals surface area contributed by atoms with Crippen LogP contribution in [0.1, 0.15) is 44.5 Å². The molecule has 0 radical (unpaired) electrons. The van der Waals surface area contributed by atoms with E-state index in [1.807, 2.05) is 74.5 Å². The molecule has 0 spiro atoms. The summed E-state index contributed by atoms with van der Waals surface area (Å²) in [6.45, 7) is 6.09. The van der Waals surface area contributed by atoms with Crippen molar-refractivity contribution >= 4 is 28.0 Å². The lowest BCUT2D eigenvalue weighted by molar-refractivity contribution is 0.0529. The number of hydrogen-bond acceptors (Lipinski definition) is 4. The van der Waals surface area contributed by atoms with Crippen LogP contribution in [0.4, 0.5) is 0 Å². The van der Waals surface area contributed by atoms with Gasteiger partial charge in [0.05, 0.1) is 29.1 Å². The smallest absolute Gasteiger partial charge is 0.340 e. The van der Waals surface area contributed by atoms with Crippen molar-refractivity contribution in [2.75, 3.05) is 6.61 Å². The summed E-state index contributed by atoms with van der Waals surface area (Å²) < 4.78 is 6.97. The minimum Gasteiger partial charge on any atom is -0.462 e. The van der Waals surface area contributed by atoms with Crippen LogP contribution in [-0.2, 0) is 4.74 Å². The number of aromatic nitrogens is 2. The van der Waals surface area contributed by atoms with Crippen LogP contribution < -0.4 is 0 Å². The lowest BCUT2D eigenvalue weighted by Gasteiger charge is -2.09. The van der Waals surface area contributed by atoms with Gasteiger partial charge in [0.25, 0.3) is 0 Å². The first-order valence-corrected chi connectivity index (χ1v) is 11.3. The molecule has 0 aliphatic carbocycles. The van der Waals surface area contributed by atoms with E-state index >= 15 is 0 Å². The van der Waals surface area contributed by atoms with Gasteiger partial charge in [-0.15, -0.1) is 0 Å². The van der Waals surface area contributed by atoms with Gasteiger partial charge in [-0.3, -0.25) is 9.20 Å². The highest BCUT2D eigenvalue weighted by Gasteiger charge is 2.22. The van der Waals surface area contributed by atoms with Crippen molar-refractivity contribution in [3.05, 3.63) is 107 Å². The first-order chi connectivity index (χ1) is 16.5. The molecule has 0 fully saturated rings. The molecular weight excluding hydrogens is 424 g/mol. The third-order valence-corrected chi connectivity index (χ3v) is 6.06. The van der Waals surface area contributed by atoms with E-state index in [0.717, 1.165) is 27.6 Å². The molecule has 5 nitrogen and oxygen atoms in total. The van der Waals surface area contributed by atoms with E-state index in [4.69, 9.17) is 4.74 Å². The van der Waals surface area contributed by atoms with E-state index in [-0.39, 0.29) is 12.4 Å². The number of carbonyl (C=O) groups excluding carboxylic acids is 2. The highest BCUT2D eigenvalue weighted by Crippen LogP contribution is 2.28. The lowest BCUT2D eigenvalue weighted by atomic mass is 10.0. The van der Waals surface area contributed by atoms with Gasteiger partial charge in [-0.1, -0.05) is 60.2 Å². The first-order valence-electron chi connectivity index (χ1n) is 11.3. The summed E-state index contributed by atoms with van der Waals surface area (Å²) in [5, 5.41) is 2.04. The second-order valence-corrected chi connectivity index (χ2v) is 8.40. The molecule has 3 aromatic carbocycles. The largest absolute Gasteiger partial charge is 0.462 e. The molecule has 5 rings (SSSR count). The maximum absolute atomic E-state index is 13.5. The van der Waals surface area contributed by atoms with Crippen LogP contribution in [0.25, 0.3) is 27.5 Å². The second-order valence-electron chi connectivity index (χ2n) is 8.40. The van der Waals surface area contributed by atoms with Gasteiger partial charge >= 0.3 is 5.97 Å². The Morgan fingerprint density at radius 2 is 1.71 bits per heavy atom. The van der Waals surface area contributed by atoms with E-state index in [1.54, 1.807) is 23.7 Å². The van der Waals surface area contributed by atoms with Gasteiger partial charge in [0.1, 0.15) is 6.33 Å². The van der Waals surface area contributed by atoms with Gasteiger partial charge in [-0.2, -0.15) is 0 Å². The maximum atomic E-state index is 13.5. The Bertz CT molecular complexity index is 1580. The summed E-state index contributed by atoms with van der Waals surface area (Å²) >= 11 is 0. The molecule has 0 aliphatic rings. The van der Waals surface area contributed by atoms with E-state index in [9.17, 15) is 9.59 Å². The molecule has 0 amide bonds. The molecule has 0 bridgehead atoms. The molecule has 0 saturated carbocycles. The van der Waals surface area contributed by atoms with Crippen LogP contribution in [0, 0.1) is 13.8 Å². The number of esters is 1. The van der Waals surface area contributed by atoms with Crippen LogP contribution in [0.15, 0.2) is 79.1 Å². The Morgan fingerprint density at radius 3 is 2.47 bits per heavy atom. The minimum absolute atomic E-state index is 0.183. The first kappa shape index (κ1) is 21.6. The van der Waals surface area contributed by atoms with Crippen molar-refractivity contribution in [1.82, 2.24) is 9.38 Å². The summed E-state index contributed by atoms with van der Waals surface area (Å²) in [6, 6.07) is 23.1. The number of carbonyl (C=O) groups is 2. The molecule has 0 N–H and O–H groups in total. The van der Waals surface area contributed by atoms with Crippen LogP contribution >= 0.6 is 0 Å². The van der Waals surface area contributed by atoms with Gasteiger partial charge in [0.2, 0.25) is 5.78 Å². The Labute approximate surface area is 197 Å². The molecule has 2 aromatic heterocycles. The van der Waals surface area contributed by atoms with E-state index in [1.165, 1.54) is 5.56 Å². The maximum Gasteiger partial charge on any atom is 0.340 e. The van der Waals surface area contributed by atoms with Crippen molar-refractivity contribution < 1.29 is 14.3 Å². The van der Waals surface area contributed by atoms with Crippen molar-refractivity contribution in [2.45, 2.75) is 20.8 Å². The number of fused-ring (bicyclic) bond motifs is 2. The zero-order chi connectivity index (χ0) is 23.8. The number of ketones is 1. The number of nitrogens with zero attached hydrogens (tertiary/aromatic N) is 2. The average molecular weight is 449 g/mol. The van der Waals surface area contributed by atoms with Crippen molar-refractivity contribution in [1.29, 1.82) is 0 Å². The summed E-state index contributed by atoms with van der Waals surface area (Å²) in [5.74, 6) is -0.646. The molecule has 0 aliphatic heterocycles. The summed E-state index contributed by atoms with van der Waals surface area (Å²) in [5.41, 5.74) is 5.82. The third kappa shape index (κ3) is 3.75. The molecule has 0 atom stereocenters. The Hall–Kier alpha value is -4.25. The fraction of sp³-hybridized carbons (Fsp3) is 0.138. The Morgan fingerprint density at radius 1 is 0.912 bits per heavy atom. The predicted molar refractivity (Wildman–Crippen MR) is 133 cm³/mol. The molecule has 0 saturated heterocycles. The Balaban J connectivity index is 1.67. The van der Waals surface area contributed by atoms with Crippen LogP contribution in [0.5, 0.6) is 0 Å². The van der Waals surface area contributed by atoms with Gasteiger partial charge in [-0.25, -0.2) is 9.78 Å². The molecule has 5 heteroatoms. The minimum atomic E-state index is -0.463. The standard InChI is InChI=1S/C29H24N2O3/c1-4-34-29(33)24-15-27(28(32)22-11-10-20-7-5-6-8-21(20)14-22)31-17-30-25(16-26(24)31)23-12-9-18(2)13-19(23)3/h5-17H,4H2,1-3H3. The monoisotopic (exact) mass is 448 g/mol. The van der Waals surface area contributed by atoms with Gasteiger partial charge in [-0.05, 0) is 55.3 Å². The van der Waals surface area contributed by atoms with Crippen LogP contribution in [0.2, 0.25) is 0 Å². The van der Waals surface area contributed by atoms with E-state index in [0.29, 0.717) is 22.3 Å². The zero-order valence-electron chi connectivity index (χ0n) is 19.3. The second kappa shape index (κ2) is 8.60. The van der Waals surface area contributed by atoms with E-state index < -0.39 is 5.97 Å². The van der Waals surface area contributed by atoms with Gasteiger partial charge in [0.15, 0.2) is 0 Å². The van der Waals surface area contributed by atoms with Crippen LogP contribution in [-0.4, -0.2) is 27.7 Å². The normalized spacial score (nSPS) is 11.1. The van der Waals surface area contributed by atoms with E-state index in [2.05, 4.69) is 11.1 Å². The highest BCUT2D eigenvalue weighted by molar-refractivity contribution is 6.12. The molecule has 0 unspecified atom stereocenters. The fourth-order valence-corrected chi connectivity index (χ4v) is 4.37. The Kier molecular flexibility index (Phi) is 5.46. The topological polar surface area (TPSA) is 60.7 Å². The predicted octanol–water partition coefficient (Wildman–Crippen LogP) is 6.18. The number of hydrogen-bond donors (Lipinski definition) is 0. The number of rotatable bonds is 5. The highest BCUT2D eigenvalue weighted by atomic mass is 16.5. The summed E-state index contributed by atoms with van der Waals surface area (Å²) in [7, 11) is 0. The van der Waals surface area contributed by atoms with Gasteiger partial charge in [0, 0.05) is 11.1 Å².